The molecule has 2 unspecified atom stereocenters. The Hall–Kier alpha value is -2.83. The van der Waals surface area contributed by atoms with E-state index in [0.29, 0.717) is 9.54 Å². The third kappa shape index (κ3) is 7.26. The Morgan fingerprint density at radius 3 is 1.71 bits per heavy atom. The van der Waals surface area contributed by atoms with E-state index in [4.69, 9.17) is 0 Å². The fourth-order valence-corrected chi connectivity index (χ4v) is 20.3. The number of hydrogen-bond donors (Lipinski definition) is 0. The molecule has 0 nitrogen and oxygen atoms in total. The molecule has 0 aliphatic heterocycles. The molecule has 3 heteroatoms. The van der Waals surface area contributed by atoms with Crippen molar-refractivity contribution in [2.24, 2.45) is 11.3 Å². The molecule has 0 spiro atoms. The molecule has 0 heterocycles. The van der Waals surface area contributed by atoms with E-state index in [-0.39, 0.29) is 41.1 Å². The van der Waals surface area contributed by atoms with Crippen molar-refractivity contribution in [3.8, 4) is 11.1 Å². The van der Waals surface area contributed by atoms with Crippen LogP contribution in [0.4, 0.5) is 0 Å². The van der Waals surface area contributed by atoms with Gasteiger partial charge in [0.25, 0.3) is 0 Å². The van der Waals surface area contributed by atoms with Crippen molar-refractivity contribution < 1.29 is 46.1 Å². The summed E-state index contributed by atoms with van der Waals surface area (Å²) >= 11 is -2.84. The first-order valence-electron chi connectivity index (χ1n) is 20.5. The van der Waals surface area contributed by atoms with Gasteiger partial charge in [0.2, 0.25) is 0 Å². The van der Waals surface area contributed by atoms with Crippen molar-refractivity contribution in [1.29, 1.82) is 0 Å². The van der Waals surface area contributed by atoms with Gasteiger partial charge in [-0.25, -0.2) is 0 Å². The molecule has 0 bridgehead atoms. The third-order valence-electron chi connectivity index (χ3n) is 13.5. The number of benzene rings is 4. The van der Waals surface area contributed by atoms with E-state index in [1.165, 1.54) is 77.9 Å². The predicted molar refractivity (Wildman–Crippen MR) is 231 cm³/mol. The summed E-state index contributed by atoms with van der Waals surface area (Å²) in [7, 11) is 0. The molecule has 0 radical (unpaired) electrons. The van der Waals surface area contributed by atoms with Crippen molar-refractivity contribution >= 4 is 14.4 Å². The Kier molecular flexibility index (Phi) is 11.8. The summed E-state index contributed by atoms with van der Waals surface area (Å²) in [5, 5.41) is 0. The Bertz CT molecular complexity index is 2320. The first-order chi connectivity index (χ1) is 25.5. The summed E-state index contributed by atoms with van der Waals surface area (Å²) in [5.74, 6) is 0.493. The van der Waals surface area contributed by atoms with Crippen LogP contribution in [-0.4, -0.2) is 3.21 Å². The average molecular weight is 859 g/mol. The topological polar surface area (TPSA) is 0 Å². The maximum atomic E-state index is 2.77. The van der Waals surface area contributed by atoms with Crippen LogP contribution in [0.1, 0.15) is 138 Å². The van der Waals surface area contributed by atoms with E-state index in [2.05, 4.69) is 180 Å². The Morgan fingerprint density at radius 1 is 0.679 bits per heavy atom. The van der Waals surface area contributed by atoms with Gasteiger partial charge in [-0.2, -0.15) is 0 Å². The first kappa shape index (κ1) is 42.8. The van der Waals surface area contributed by atoms with Gasteiger partial charge in [0.15, 0.2) is 0 Å². The smallest absolute Gasteiger partial charge is 1.00 e. The molecule has 290 valence electrons. The summed E-state index contributed by atoms with van der Waals surface area (Å²) in [4.78, 5) is 0. The molecule has 0 aromatic heterocycles. The minimum Gasteiger partial charge on any atom is -1.00 e. The van der Waals surface area contributed by atoms with Gasteiger partial charge in [0, 0.05) is 0 Å². The van der Waals surface area contributed by atoms with Crippen LogP contribution in [0.15, 0.2) is 106 Å². The van der Waals surface area contributed by atoms with Crippen LogP contribution in [0.25, 0.3) is 22.3 Å². The largest absolute Gasteiger partial charge is 1.00 e. The van der Waals surface area contributed by atoms with Crippen LogP contribution < -0.4 is 24.8 Å². The van der Waals surface area contributed by atoms with E-state index in [9.17, 15) is 0 Å². The van der Waals surface area contributed by atoms with Gasteiger partial charge in [-0.05, 0) is 0 Å². The molecule has 0 amide bonds. The second-order valence-corrected chi connectivity index (χ2v) is 25.5. The van der Waals surface area contributed by atoms with E-state index in [1.54, 1.807) is 12.1 Å². The molecule has 4 aromatic carbocycles. The summed E-state index contributed by atoms with van der Waals surface area (Å²) < 4.78 is 3.89. The zero-order valence-corrected chi connectivity index (χ0v) is 39.7. The third-order valence-corrected chi connectivity index (χ3v) is 22.8. The van der Waals surface area contributed by atoms with Crippen molar-refractivity contribution in [2.75, 3.05) is 0 Å². The minimum atomic E-state index is -2.84. The van der Waals surface area contributed by atoms with Gasteiger partial charge < -0.3 is 24.8 Å². The SMILES string of the molecule is CCC1C=C(C(C)(C)C)C=[C]1[Zr+2](=[C](c1ccc(C)cc1)c1ccc(C)cc1)[CH]1C=C(C)c2cc3c(cc2C1(C)C)Cc1cc2c(cc1-3)C(C)=CCC2(C)C.[Cl-].[Cl-]. The second-order valence-electron chi connectivity index (χ2n) is 19.3. The van der Waals surface area contributed by atoms with E-state index < -0.39 is 21.3 Å². The first-order valence-corrected chi connectivity index (χ1v) is 24.4. The number of rotatable bonds is 5. The Morgan fingerprint density at radius 2 is 1.20 bits per heavy atom. The maximum absolute atomic E-state index is 2.84. The number of allylic oxidation sites excluding steroid dienone is 8. The fourth-order valence-electron chi connectivity index (χ4n) is 9.93. The molecule has 0 saturated carbocycles. The van der Waals surface area contributed by atoms with Crippen LogP contribution in [0.3, 0.4) is 0 Å². The molecule has 2 atom stereocenters. The van der Waals surface area contributed by atoms with Gasteiger partial charge in [0.1, 0.15) is 0 Å². The number of halogens is 2. The fraction of sp³-hybridized carbons (Fsp3) is 0.377. The van der Waals surface area contributed by atoms with E-state index >= 15 is 0 Å². The number of aryl methyl sites for hydroxylation is 2. The van der Waals surface area contributed by atoms with Crippen LogP contribution in [0.2, 0.25) is 3.63 Å². The van der Waals surface area contributed by atoms with Gasteiger partial charge >= 0.3 is 336 Å². The molecular weight excluding hydrogens is 799 g/mol. The van der Waals surface area contributed by atoms with Gasteiger partial charge in [0.05, 0.1) is 0 Å². The van der Waals surface area contributed by atoms with Crippen LogP contribution in [0, 0.1) is 25.2 Å². The maximum Gasteiger partial charge on any atom is -1.00 e. The normalized spacial score (nSPS) is 19.6. The van der Waals surface area contributed by atoms with Crippen molar-refractivity contribution in [1.82, 2.24) is 0 Å². The predicted octanol–water partition coefficient (Wildman–Crippen LogP) is 8.23. The van der Waals surface area contributed by atoms with Gasteiger partial charge in [-0.1, -0.05) is 0 Å². The van der Waals surface area contributed by atoms with Crippen molar-refractivity contribution in [3.05, 3.63) is 162 Å². The Balaban J connectivity index is 0.00000266. The monoisotopic (exact) mass is 856 g/mol. The average Bonchev–Trinajstić information content (AvgIpc) is 3.72. The molecule has 0 fully saturated rings. The molecule has 4 aliphatic carbocycles. The molecule has 0 saturated heterocycles. The van der Waals surface area contributed by atoms with Gasteiger partial charge in [-0.15, -0.1) is 0 Å². The standard InChI is InChI=1S/C27H29.C15H14.C11H17.2ClH.Zr/c1-16-7-9-26(3,4)24-12-18-11-19-13-25-21(17(2)8-10-27(25,5)6)15-23(19)22(18)14-20(16)24;1-12-3-7-14(8-4-12)11-15-9-5-13(2)6-10-15;1-5-9-6-7-10(8-9)11(2,3)4;;;/h7-9,12-15H,10-11H2,1-6H3;3-10H,1-2H3;7-9H,5H2,1-4H3;2*1H;/q;;;;;+2/p-2. The quantitative estimate of drug-likeness (QED) is 0.167. The van der Waals surface area contributed by atoms with Crippen molar-refractivity contribution in [2.45, 2.75) is 117 Å². The summed E-state index contributed by atoms with van der Waals surface area (Å²) in [5.41, 5.74) is 22.1. The summed E-state index contributed by atoms with van der Waals surface area (Å²) in [6.07, 6.45) is 13.9. The zero-order chi connectivity index (χ0) is 38.5. The number of fused-ring (bicyclic) bond motifs is 5. The molecule has 8 rings (SSSR count). The second kappa shape index (κ2) is 15.4. The molecular formula is C53H60Cl2Zr. The number of hydrogen-bond acceptors (Lipinski definition) is 0. The molecule has 4 aliphatic rings. The summed E-state index contributed by atoms with van der Waals surface area (Å²) in [6, 6.07) is 29.4. The van der Waals surface area contributed by atoms with Gasteiger partial charge in [-0.3, -0.25) is 0 Å². The minimum absolute atomic E-state index is 0. The van der Waals surface area contributed by atoms with E-state index in [0.717, 1.165) is 19.3 Å². The van der Waals surface area contributed by atoms with Crippen molar-refractivity contribution in [3.63, 3.8) is 0 Å². The van der Waals surface area contributed by atoms with Crippen LogP contribution in [-0.2, 0) is 38.5 Å². The molecule has 4 aromatic rings. The molecule has 0 N–H and O–H groups in total. The van der Waals surface area contributed by atoms with Crippen LogP contribution >= 0.6 is 0 Å². The summed E-state index contributed by atoms with van der Waals surface area (Å²) in [6.45, 7) is 28.8. The zero-order valence-electron chi connectivity index (χ0n) is 35.8. The molecule has 56 heavy (non-hydrogen) atoms. The Labute approximate surface area is 358 Å². The van der Waals surface area contributed by atoms with E-state index in [1.807, 2.05) is 0 Å². The van der Waals surface area contributed by atoms with Crippen LogP contribution in [0.5, 0.6) is 0 Å².